The Bertz CT molecular complexity index is 258. The highest BCUT2D eigenvalue weighted by atomic mass is 19.4. The van der Waals surface area contributed by atoms with Crippen molar-refractivity contribution in [3.63, 3.8) is 0 Å². The monoisotopic (exact) mass is 242 g/mol. The molecule has 0 radical (unpaired) electrons. The quantitative estimate of drug-likeness (QED) is 0.771. The number of carboxylic acid groups (broad SMARTS) is 1. The molecule has 0 amide bonds. The lowest BCUT2D eigenvalue weighted by Crippen LogP contribution is -2.49. The minimum Gasteiger partial charge on any atom is -0.479 e. The largest absolute Gasteiger partial charge is 0.479 e. The van der Waals surface area contributed by atoms with Gasteiger partial charge < -0.3 is 5.11 Å². The molecule has 0 aromatic carbocycles. The molecule has 1 aliphatic carbocycles. The molecule has 1 atom stereocenters. The molecule has 1 unspecified atom stereocenters. The summed E-state index contributed by atoms with van der Waals surface area (Å²) in [4.78, 5) is 10.4. The summed E-state index contributed by atoms with van der Waals surface area (Å²) in [6.07, 6.45) is -2.91. The zero-order chi connectivity index (χ0) is 12.4. The third-order valence-electron chi connectivity index (χ3n) is 3.08. The van der Waals surface area contributed by atoms with Crippen LogP contribution in [0.2, 0.25) is 0 Å². The lowest BCUT2D eigenvalue weighted by atomic mass is 9.81. The molecule has 6 heteroatoms. The van der Waals surface area contributed by atoms with Gasteiger partial charge in [-0.15, -0.1) is 0 Å². The number of hydrogen-bond acceptors (Lipinski definition) is 1. The highest BCUT2D eigenvalue weighted by Gasteiger charge is 2.62. The molecule has 0 aromatic rings. The molecule has 16 heavy (non-hydrogen) atoms. The van der Waals surface area contributed by atoms with Gasteiger partial charge in [-0.1, -0.05) is 32.1 Å². The zero-order valence-electron chi connectivity index (χ0n) is 8.69. The highest BCUT2D eigenvalue weighted by Crippen LogP contribution is 2.42. The van der Waals surface area contributed by atoms with Gasteiger partial charge in [-0.3, -0.25) is 0 Å². The van der Waals surface area contributed by atoms with Gasteiger partial charge >= 0.3 is 17.8 Å². The summed E-state index contributed by atoms with van der Waals surface area (Å²) in [5, 5.41) is 8.40. The molecule has 1 fully saturated rings. The number of rotatable bonds is 3. The Morgan fingerprint density at radius 2 is 1.62 bits per heavy atom. The van der Waals surface area contributed by atoms with Gasteiger partial charge in [0, 0.05) is 6.42 Å². The molecule has 2 nitrogen and oxygen atoms in total. The summed E-state index contributed by atoms with van der Waals surface area (Å²) in [5.74, 6) is -2.90. The first kappa shape index (κ1) is 13.3. The van der Waals surface area contributed by atoms with Gasteiger partial charge in [0.15, 0.2) is 0 Å². The van der Waals surface area contributed by atoms with E-state index in [9.17, 15) is 22.4 Å². The van der Waals surface area contributed by atoms with Crippen LogP contribution in [0.4, 0.5) is 17.6 Å². The number of carboxylic acids is 1. The Balaban J connectivity index is 2.74. The second-order valence-electron chi connectivity index (χ2n) is 4.31. The average Bonchev–Trinajstić information content (AvgIpc) is 2.17. The van der Waals surface area contributed by atoms with Crippen molar-refractivity contribution in [2.45, 2.75) is 50.4 Å². The summed E-state index contributed by atoms with van der Waals surface area (Å²) >= 11 is 0. The number of hydrogen-bond donors (Lipinski definition) is 1. The summed E-state index contributed by atoms with van der Waals surface area (Å²) < 4.78 is 50.5. The molecule has 0 aliphatic heterocycles. The minimum atomic E-state index is -5.34. The normalized spacial score (nSPS) is 22.8. The summed E-state index contributed by atoms with van der Waals surface area (Å²) in [5.41, 5.74) is -4.09. The van der Waals surface area contributed by atoms with Gasteiger partial charge in [-0.05, 0) is 5.92 Å². The first-order valence-electron chi connectivity index (χ1n) is 5.26. The van der Waals surface area contributed by atoms with Gasteiger partial charge in [-0.25, -0.2) is 9.18 Å². The Labute approximate surface area is 90.6 Å². The second-order valence-corrected chi connectivity index (χ2v) is 4.31. The number of carbonyl (C=O) groups is 1. The van der Waals surface area contributed by atoms with Gasteiger partial charge in [0.25, 0.3) is 0 Å². The van der Waals surface area contributed by atoms with Gasteiger partial charge in [0.2, 0.25) is 0 Å². The van der Waals surface area contributed by atoms with E-state index in [-0.39, 0.29) is 0 Å². The topological polar surface area (TPSA) is 37.3 Å². The van der Waals surface area contributed by atoms with E-state index in [2.05, 4.69) is 0 Å². The van der Waals surface area contributed by atoms with Crippen molar-refractivity contribution in [2.75, 3.05) is 0 Å². The van der Waals surface area contributed by atoms with Crippen molar-refractivity contribution in [3.8, 4) is 0 Å². The maximum Gasteiger partial charge on any atom is 0.433 e. The molecule has 1 saturated carbocycles. The third-order valence-corrected chi connectivity index (χ3v) is 3.08. The van der Waals surface area contributed by atoms with E-state index in [0.717, 1.165) is 19.3 Å². The van der Waals surface area contributed by atoms with E-state index >= 15 is 0 Å². The molecule has 1 rings (SSSR count). The van der Waals surface area contributed by atoms with Crippen LogP contribution in [0.3, 0.4) is 0 Å². The summed E-state index contributed by atoms with van der Waals surface area (Å²) in [6.45, 7) is 0. The Morgan fingerprint density at radius 1 is 1.12 bits per heavy atom. The first-order chi connectivity index (χ1) is 7.27. The Morgan fingerprint density at radius 3 is 2.00 bits per heavy atom. The van der Waals surface area contributed by atoms with Crippen molar-refractivity contribution >= 4 is 5.97 Å². The number of alkyl halides is 4. The molecule has 1 N–H and O–H groups in total. The molecule has 1 aliphatic rings. The van der Waals surface area contributed by atoms with E-state index < -0.39 is 30.2 Å². The standard InChI is InChI=1S/C10H14F4O2/c11-9(8(15)16,10(12,13)14)6-7-4-2-1-3-5-7/h7H,1-6H2,(H,15,16). The van der Waals surface area contributed by atoms with Crippen LogP contribution < -0.4 is 0 Å². The van der Waals surface area contributed by atoms with E-state index in [0.29, 0.717) is 12.8 Å². The summed E-state index contributed by atoms with van der Waals surface area (Å²) in [7, 11) is 0. The lowest BCUT2D eigenvalue weighted by Gasteiger charge is -2.29. The molecule has 0 heterocycles. The van der Waals surface area contributed by atoms with Crippen LogP contribution in [-0.2, 0) is 4.79 Å². The van der Waals surface area contributed by atoms with E-state index in [1.165, 1.54) is 0 Å². The molecule has 0 aromatic heterocycles. The van der Waals surface area contributed by atoms with Crippen molar-refractivity contribution in [1.82, 2.24) is 0 Å². The van der Waals surface area contributed by atoms with Crippen LogP contribution in [0.15, 0.2) is 0 Å². The third kappa shape index (κ3) is 2.65. The molecule has 0 saturated heterocycles. The predicted molar refractivity (Wildman–Crippen MR) is 48.7 cm³/mol. The zero-order valence-corrected chi connectivity index (χ0v) is 8.69. The average molecular weight is 242 g/mol. The van der Waals surface area contributed by atoms with Crippen LogP contribution in [-0.4, -0.2) is 22.9 Å². The number of halogens is 4. The maximum atomic E-state index is 13.5. The Hall–Kier alpha value is -0.810. The van der Waals surface area contributed by atoms with Gasteiger partial charge in [-0.2, -0.15) is 13.2 Å². The van der Waals surface area contributed by atoms with Gasteiger partial charge in [0.05, 0.1) is 0 Å². The fourth-order valence-electron chi connectivity index (χ4n) is 2.11. The predicted octanol–water partition coefficient (Wildman–Crippen LogP) is 3.31. The minimum absolute atomic E-state index is 0.475. The van der Waals surface area contributed by atoms with E-state index in [1.807, 2.05) is 0 Å². The molecule has 0 spiro atoms. The smallest absolute Gasteiger partial charge is 0.433 e. The van der Waals surface area contributed by atoms with E-state index in [1.54, 1.807) is 0 Å². The van der Waals surface area contributed by atoms with Crippen LogP contribution >= 0.6 is 0 Å². The first-order valence-corrected chi connectivity index (χ1v) is 5.26. The van der Waals surface area contributed by atoms with Gasteiger partial charge in [0.1, 0.15) is 0 Å². The van der Waals surface area contributed by atoms with E-state index in [4.69, 9.17) is 5.11 Å². The maximum absolute atomic E-state index is 13.5. The summed E-state index contributed by atoms with van der Waals surface area (Å²) in [6, 6.07) is 0. The van der Waals surface area contributed by atoms with Crippen molar-refractivity contribution in [3.05, 3.63) is 0 Å². The fraction of sp³-hybridized carbons (Fsp3) is 0.900. The molecular weight excluding hydrogens is 228 g/mol. The second kappa shape index (κ2) is 4.59. The SMILES string of the molecule is O=C(O)C(F)(CC1CCCCC1)C(F)(F)F. The number of aliphatic carboxylic acids is 1. The fourth-order valence-corrected chi connectivity index (χ4v) is 2.11. The van der Waals surface area contributed by atoms with Crippen LogP contribution in [0.5, 0.6) is 0 Å². The molecule has 0 bridgehead atoms. The lowest BCUT2D eigenvalue weighted by molar-refractivity contribution is -0.241. The van der Waals surface area contributed by atoms with Crippen LogP contribution in [0, 0.1) is 5.92 Å². The van der Waals surface area contributed by atoms with Crippen molar-refractivity contribution in [2.24, 2.45) is 5.92 Å². The van der Waals surface area contributed by atoms with Crippen molar-refractivity contribution in [1.29, 1.82) is 0 Å². The van der Waals surface area contributed by atoms with Crippen LogP contribution in [0.1, 0.15) is 38.5 Å². The highest BCUT2D eigenvalue weighted by molar-refractivity contribution is 5.78. The van der Waals surface area contributed by atoms with Crippen LogP contribution in [0.25, 0.3) is 0 Å². The molecule has 94 valence electrons. The Kier molecular flexibility index (Phi) is 3.80. The van der Waals surface area contributed by atoms with Crippen molar-refractivity contribution < 1.29 is 27.5 Å². The molecular formula is C10H14F4O2.